The van der Waals surface area contributed by atoms with Crippen LogP contribution in [0.15, 0.2) is 24.3 Å². The van der Waals surface area contributed by atoms with Gasteiger partial charge in [0.2, 0.25) is 0 Å². The minimum Gasteiger partial charge on any atom is -0.441 e. The molecular weight excluding hydrogens is 343 g/mol. The molecule has 0 spiro atoms. The van der Waals surface area contributed by atoms with Gasteiger partial charge in [-0.1, -0.05) is 12.1 Å². The SMILES string of the molecule is O=C(OC1COC1)N1CCC(O)(c2cccc(OC(F)(F)F)c2)CC1. The van der Waals surface area contributed by atoms with Crippen LogP contribution in [0.1, 0.15) is 18.4 Å². The van der Waals surface area contributed by atoms with E-state index in [2.05, 4.69) is 4.74 Å². The Morgan fingerprint density at radius 2 is 1.96 bits per heavy atom. The highest BCUT2D eigenvalue weighted by Gasteiger charge is 2.38. The highest BCUT2D eigenvalue weighted by atomic mass is 19.4. The van der Waals surface area contributed by atoms with Crippen LogP contribution in [-0.2, 0) is 15.1 Å². The summed E-state index contributed by atoms with van der Waals surface area (Å²) in [6.45, 7) is 1.26. The predicted molar refractivity (Wildman–Crippen MR) is 78.9 cm³/mol. The Morgan fingerprint density at radius 1 is 1.28 bits per heavy atom. The molecule has 25 heavy (non-hydrogen) atoms. The van der Waals surface area contributed by atoms with Gasteiger partial charge in [0.05, 0.1) is 18.8 Å². The largest absolute Gasteiger partial charge is 0.573 e. The highest BCUT2D eigenvalue weighted by Crippen LogP contribution is 2.35. The normalized spacial score (nSPS) is 20.7. The number of rotatable bonds is 3. The molecular formula is C16H18F3NO5. The molecule has 1 aromatic rings. The van der Waals surface area contributed by atoms with Crippen molar-refractivity contribution in [3.63, 3.8) is 0 Å². The fourth-order valence-corrected chi connectivity index (χ4v) is 2.83. The van der Waals surface area contributed by atoms with E-state index in [1.807, 2.05) is 0 Å². The number of hydrogen-bond donors (Lipinski definition) is 1. The van der Waals surface area contributed by atoms with Crippen molar-refractivity contribution in [3.8, 4) is 5.75 Å². The average Bonchev–Trinajstić information content (AvgIpc) is 2.50. The lowest BCUT2D eigenvalue weighted by Gasteiger charge is -2.39. The van der Waals surface area contributed by atoms with E-state index in [-0.39, 0.29) is 37.8 Å². The smallest absolute Gasteiger partial charge is 0.441 e. The van der Waals surface area contributed by atoms with Crippen molar-refractivity contribution in [3.05, 3.63) is 29.8 Å². The van der Waals surface area contributed by atoms with E-state index in [1.54, 1.807) is 6.07 Å². The number of halogens is 3. The molecule has 6 nitrogen and oxygen atoms in total. The van der Waals surface area contributed by atoms with E-state index in [0.717, 1.165) is 0 Å². The lowest BCUT2D eigenvalue weighted by Crippen LogP contribution is -2.48. The first-order valence-corrected chi connectivity index (χ1v) is 7.87. The van der Waals surface area contributed by atoms with Gasteiger partial charge in [0.1, 0.15) is 5.75 Å². The topological polar surface area (TPSA) is 68.2 Å². The number of alkyl halides is 3. The van der Waals surface area contributed by atoms with E-state index in [0.29, 0.717) is 18.8 Å². The zero-order chi connectivity index (χ0) is 18.1. The van der Waals surface area contributed by atoms with Crippen LogP contribution in [0.4, 0.5) is 18.0 Å². The third kappa shape index (κ3) is 4.35. The molecule has 1 amide bonds. The van der Waals surface area contributed by atoms with E-state index < -0.39 is 18.1 Å². The van der Waals surface area contributed by atoms with E-state index in [4.69, 9.17) is 9.47 Å². The molecule has 0 unspecified atom stereocenters. The van der Waals surface area contributed by atoms with Crippen molar-refractivity contribution < 1.29 is 37.3 Å². The summed E-state index contributed by atoms with van der Waals surface area (Å²) in [6, 6.07) is 5.29. The summed E-state index contributed by atoms with van der Waals surface area (Å²) in [6.07, 6.45) is -5.11. The van der Waals surface area contributed by atoms with E-state index in [1.165, 1.54) is 23.1 Å². The minimum atomic E-state index is -4.79. The summed E-state index contributed by atoms with van der Waals surface area (Å²) < 4.78 is 51.0. The van der Waals surface area contributed by atoms with Crippen LogP contribution >= 0.6 is 0 Å². The molecule has 2 heterocycles. The van der Waals surface area contributed by atoms with Crippen molar-refractivity contribution in [1.82, 2.24) is 4.90 Å². The zero-order valence-electron chi connectivity index (χ0n) is 13.3. The first kappa shape index (κ1) is 17.8. The van der Waals surface area contributed by atoms with Crippen LogP contribution in [0.5, 0.6) is 5.75 Å². The number of hydrogen-bond acceptors (Lipinski definition) is 5. The highest BCUT2D eigenvalue weighted by molar-refractivity contribution is 5.68. The van der Waals surface area contributed by atoms with Gasteiger partial charge in [-0.2, -0.15) is 0 Å². The Hall–Kier alpha value is -2.00. The lowest BCUT2D eigenvalue weighted by molar-refractivity contribution is -0.274. The zero-order valence-corrected chi connectivity index (χ0v) is 13.3. The number of benzene rings is 1. The third-order valence-corrected chi connectivity index (χ3v) is 4.33. The van der Waals surface area contributed by atoms with Crippen LogP contribution in [0.3, 0.4) is 0 Å². The van der Waals surface area contributed by atoms with Crippen LogP contribution in [0.25, 0.3) is 0 Å². The van der Waals surface area contributed by atoms with Gasteiger partial charge >= 0.3 is 12.5 Å². The van der Waals surface area contributed by atoms with Crippen molar-refractivity contribution in [2.45, 2.75) is 30.9 Å². The van der Waals surface area contributed by atoms with Crippen molar-refractivity contribution >= 4 is 6.09 Å². The number of carbonyl (C=O) groups is 1. The van der Waals surface area contributed by atoms with Crippen molar-refractivity contribution in [1.29, 1.82) is 0 Å². The molecule has 1 N–H and O–H groups in total. The molecule has 0 radical (unpaired) electrons. The van der Waals surface area contributed by atoms with Gasteiger partial charge in [0.25, 0.3) is 0 Å². The third-order valence-electron chi connectivity index (χ3n) is 4.33. The molecule has 0 saturated carbocycles. The summed E-state index contributed by atoms with van der Waals surface area (Å²) in [5, 5.41) is 10.8. The number of aliphatic hydroxyl groups is 1. The van der Waals surface area contributed by atoms with Crippen LogP contribution in [0, 0.1) is 0 Å². The summed E-state index contributed by atoms with van der Waals surface area (Å²) in [4.78, 5) is 13.5. The first-order valence-electron chi connectivity index (χ1n) is 7.87. The number of piperidine rings is 1. The molecule has 0 aromatic heterocycles. The Bertz CT molecular complexity index is 624. The number of nitrogens with zero attached hydrogens (tertiary/aromatic N) is 1. The summed E-state index contributed by atoms with van der Waals surface area (Å²) in [5.74, 6) is -0.384. The maximum absolute atomic E-state index is 12.3. The second-order valence-corrected chi connectivity index (χ2v) is 6.14. The molecule has 2 fully saturated rings. The lowest BCUT2D eigenvalue weighted by atomic mass is 9.84. The van der Waals surface area contributed by atoms with Crippen LogP contribution in [0.2, 0.25) is 0 Å². The average molecular weight is 361 g/mol. The van der Waals surface area contributed by atoms with Gasteiger partial charge < -0.3 is 24.2 Å². The molecule has 138 valence electrons. The Balaban J connectivity index is 1.61. The molecule has 2 aliphatic rings. The number of amides is 1. The molecule has 2 aliphatic heterocycles. The van der Waals surface area contributed by atoms with Crippen molar-refractivity contribution in [2.75, 3.05) is 26.3 Å². The molecule has 1 aromatic carbocycles. The fourth-order valence-electron chi connectivity index (χ4n) is 2.83. The molecule has 0 atom stereocenters. The molecule has 0 aliphatic carbocycles. The molecule has 2 saturated heterocycles. The fraction of sp³-hybridized carbons (Fsp3) is 0.562. The summed E-state index contributed by atoms with van der Waals surface area (Å²) >= 11 is 0. The standard InChI is InChI=1S/C16H18F3NO5/c17-16(18,19)25-12-3-1-2-11(8-12)15(22)4-6-20(7-5-15)14(21)24-13-9-23-10-13/h1-3,8,13,22H,4-7,9-10H2. The first-order chi connectivity index (χ1) is 11.8. The second-order valence-electron chi connectivity index (χ2n) is 6.14. The Morgan fingerprint density at radius 3 is 2.52 bits per heavy atom. The minimum absolute atomic E-state index is 0.193. The summed E-state index contributed by atoms with van der Waals surface area (Å²) in [7, 11) is 0. The van der Waals surface area contributed by atoms with Gasteiger partial charge in [-0.05, 0) is 30.5 Å². The maximum Gasteiger partial charge on any atom is 0.573 e. The van der Waals surface area contributed by atoms with Gasteiger partial charge in [-0.3, -0.25) is 0 Å². The quantitative estimate of drug-likeness (QED) is 0.896. The van der Waals surface area contributed by atoms with Gasteiger partial charge in [0.15, 0.2) is 6.10 Å². The van der Waals surface area contributed by atoms with E-state index in [9.17, 15) is 23.1 Å². The Labute approximate surface area is 142 Å². The molecule has 9 heteroatoms. The van der Waals surface area contributed by atoms with Crippen LogP contribution < -0.4 is 4.74 Å². The number of ether oxygens (including phenoxy) is 3. The second kappa shape index (κ2) is 6.72. The maximum atomic E-state index is 12.3. The predicted octanol–water partition coefficient (Wildman–Crippen LogP) is 2.40. The van der Waals surface area contributed by atoms with Crippen molar-refractivity contribution in [2.24, 2.45) is 0 Å². The van der Waals surface area contributed by atoms with Gasteiger partial charge in [-0.15, -0.1) is 13.2 Å². The van der Waals surface area contributed by atoms with Crippen LogP contribution in [-0.4, -0.2) is 54.9 Å². The molecule has 0 bridgehead atoms. The molecule has 3 rings (SSSR count). The summed E-state index contributed by atoms with van der Waals surface area (Å²) in [5.41, 5.74) is -0.990. The Kier molecular flexibility index (Phi) is 4.79. The van der Waals surface area contributed by atoms with Gasteiger partial charge in [-0.25, -0.2) is 4.79 Å². The number of likely N-dealkylation sites (tertiary alicyclic amines) is 1. The van der Waals surface area contributed by atoms with Gasteiger partial charge in [0, 0.05) is 13.1 Å². The van der Waals surface area contributed by atoms with E-state index >= 15 is 0 Å². The number of carbonyl (C=O) groups excluding carboxylic acids is 1. The monoisotopic (exact) mass is 361 g/mol.